The monoisotopic (exact) mass is 905 g/mol. The molecule has 0 bridgehead atoms. The molecule has 0 aliphatic rings. The second kappa shape index (κ2) is 50.8. The van der Waals surface area contributed by atoms with Crippen molar-refractivity contribution in [1.29, 1.82) is 0 Å². The Hall–Kier alpha value is -1.59. The van der Waals surface area contributed by atoms with Gasteiger partial charge in [-0.2, -0.15) is 0 Å². The van der Waals surface area contributed by atoms with E-state index in [-0.39, 0.29) is 31.1 Å². The first-order chi connectivity index (χ1) is 31.3. The van der Waals surface area contributed by atoms with Gasteiger partial charge < -0.3 is 14.2 Å². The van der Waals surface area contributed by atoms with Crippen molar-refractivity contribution in [3.05, 3.63) is 0 Å². The van der Waals surface area contributed by atoms with E-state index in [4.69, 9.17) is 14.2 Å². The SMILES string of the molecule is CCCCCCCCCCCCCCCCC(=O)OC[C@H](COC(=O)CCCCCCCCCCCCCCCCCCCCC(C)CC)OC(=O)CCCCCCCCCC(C)C. The Balaban J connectivity index is 4.17. The average Bonchev–Trinajstić information content (AvgIpc) is 3.28. The minimum absolute atomic E-state index is 0.0637. The van der Waals surface area contributed by atoms with E-state index < -0.39 is 6.10 Å². The molecule has 0 saturated carbocycles. The molecule has 1 unspecified atom stereocenters. The molecule has 0 saturated heterocycles. The zero-order valence-electron chi connectivity index (χ0n) is 43.9. The summed E-state index contributed by atoms with van der Waals surface area (Å²) in [6.45, 7) is 11.4. The fourth-order valence-electron chi connectivity index (χ4n) is 8.84. The van der Waals surface area contributed by atoms with Crippen molar-refractivity contribution in [1.82, 2.24) is 0 Å². The predicted molar refractivity (Wildman–Crippen MR) is 275 cm³/mol. The van der Waals surface area contributed by atoms with E-state index in [9.17, 15) is 14.4 Å². The molecule has 0 aromatic heterocycles. The number of hydrogen-bond donors (Lipinski definition) is 0. The van der Waals surface area contributed by atoms with Crippen LogP contribution in [0.3, 0.4) is 0 Å². The summed E-state index contributed by atoms with van der Waals surface area (Å²) < 4.78 is 16.8. The molecule has 6 nitrogen and oxygen atoms in total. The maximum atomic E-state index is 12.8. The van der Waals surface area contributed by atoms with Gasteiger partial charge in [0.1, 0.15) is 13.2 Å². The topological polar surface area (TPSA) is 78.9 Å². The van der Waals surface area contributed by atoms with Crippen molar-refractivity contribution >= 4 is 17.9 Å². The fourth-order valence-corrected chi connectivity index (χ4v) is 8.84. The molecule has 0 radical (unpaired) electrons. The second-order valence-electron chi connectivity index (χ2n) is 20.6. The van der Waals surface area contributed by atoms with Crippen LogP contribution in [-0.2, 0) is 28.6 Å². The summed E-state index contributed by atoms with van der Waals surface area (Å²) in [4.78, 5) is 38.0. The van der Waals surface area contributed by atoms with Crippen molar-refractivity contribution in [2.45, 2.75) is 330 Å². The normalized spacial score (nSPS) is 12.5. The van der Waals surface area contributed by atoms with Crippen LogP contribution in [0.15, 0.2) is 0 Å². The highest BCUT2D eigenvalue weighted by atomic mass is 16.6. The quantitative estimate of drug-likeness (QED) is 0.0344. The van der Waals surface area contributed by atoms with Crippen molar-refractivity contribution in [2.24, 2.45) is 11.8 Å². The average molecular weight is 906 g/mol. The molecule has 64 heavy (non-hydrogen) atoms. The van der Waals surface area contributed by atoms with Crippen LogP contribution >= 0.6 is 0 Å². The second-order valence-corrected chi connectivity index (χ2v) is 20.6. The highest BCUT2D eigenvalue weighted by Gasteiger charge is 2.19. The lowest BCUT2D eigenvalue weighted by Crippen LogP contribution is -2.30. The predicted octanol–water partition coefficient (Wildman–Crippen LogP) is 18.9. The molecular formula is C58H112O6. The zero-order valence-corrected chi connectivity index (χ0v) is 43.9. The lowest BCUT2D eigenvalue weighted by Gasteiger charge is -2.18. The van der Waals surface area contributed by atoms with Gasteiger partial charge >= 0.3 is 17.9 Å². The smallest absolute Gasteiger partial charge is 0.306 e. The highest BCUT2D eigenvalue weighted by Crippen LogP contribution is 2.18. The molecule has 0 spiro atoms. The molecule has 0 aromatic carbocycles. The van der Waals surface area contributed by atoms with Gasteiger partial charge in [-0.25, -0.2) is 0 Å². The molecule has 0 aromatic rings. The Labute approximate surface area is 399 Å². The Kier molecular flexibility index (Phi) is 49.6. The first-order valence-electron chi connectivity index (χ1n) is 28.8. The van der Waals surface area contributed by atoms with Gasteiger partial charge in [-0.3, -0.25) is 14.4 Å². The first-order valence-corrected chi connectivity index (χ1v) is 28.8. The van der Waals surface area contributed by atoms with Crippen molar-refractivity contribution < 1.29 is 28.6 Å². The highest BCUT2D eigenvalue weighted by molar-refractivity contribution is 5.71. The first kappa shape index (κ1) is 62.4. The van der Waals surface area contributed by atoms with Gasteiger partial charge in [0.15, 0.2) is 6.10 Å². The number of unbranched alkanes of at least 4 members (excludes halogenated alkanes) is 36. The Bertz CT molecular complexity index is 980. The third-order valence-electron chi connectivity index (χ3n) is 13.6. The van der Waals surface area contributed by atoms with Crippen LogP contribution in [0.1, 0.15) is 324 Å². The number of carbonyl (C=O) groups is 3. The molecule has 380 valence electrons. The number of esters is 3. The van der Waals surface area contributed by atoms with E-state index in [0.717, 1.165) is 69.6 Å². The van der Waals surface area contributed by atoms with Crippen LogP contribution in [0.2, 0.25) is 0 Å². The van der Waals surface area contributed by atoms with Crippen LogP contribution in [-0.4, -0.2) is 37.2 Å². The molecule has 0 aliphatic heterocycles. The lowest BCUT2D eigenvalue weighted by molar-refractivity contribution is -0.167. The van der Waals surface area contributed by atoms with Gasteiger partial charge in [-0.1, -0.05) is 285 Å². The molecule has 0 rings (SSSR count). The van der Waals surface area contributed by atoms with Crippen LogP contribution in [0.4, 0.5) is 0 Å². The summed E-state index contributed by atoms with van der Waals surface area (Å²) in [5.41, 5.74) is 0. The largest absolute Gasteiger partial charge is 0.462 e. The van der Waals surface area contributed by atoms with Crippen molar-refractivity contribution in [3.8, 4) is 0 Å². The Morgan fingerprint density at radius 3 is 0.891 bits per heavy atom. The summed E-state index contributed by atoms with van der Waals surface area (Å²) in [6.07, 6.45) is 53.9. The fraction of sp³-hybridized carbons (Fsp3) is 0.948. The van der Waals surface area contributed by atoms with Crippen LogP contribution in [0.5, 0.6) is 0 Å². The summed E-state index contributed by atoms with van der Waals surface area (Å²) in [6, 6.07) is 0. The van der Waals surface area contributed by atoms with Gasteiger partial charge in [-0.05, 0) is 31.1 Å². The van der Waals surface area contributed by atoms with Crippen LogP contribution in [0, 0.1) is 11.8 Å². The molecule has 6 heteroatoms. The van der Waals surface area contributed by atoms with E-state index in [1.807, 2.05) is 0 Å². The van der Waals surface area contributed by atoms with Gasteiger partial charge in [-0.15, -0.1) is 0 Å². The molecular weight excluding hydrogens is 793 g/mol. The Morgan fingerprint density at radius 2 is 0.594 bits per heavy atom. The minimum Gasteiger partial charge on any atom is -0.462 e. The lowest BCUT2D eigenvalue weighted by atomic mass is 9.99. The zero-order chi connectivity index (χ0) is 46.8. The summed E-state index contributed by atoms with van der Waals surface area (Å²) in [5.74, 6) is 0.843. The van der Waals surface area contributed by atoms with E-state index in [1.54, 1.807) is 0 Å². The molecule has 0 heterocycles. The van der Waals surface area contributed by atoms with Gasteiger partial charge in [0.25, 0.3) is 0 Å². The van der Waals surface area contributed by atoms with E-state index >= 15 is 0 Å². The minimum atomic E-state index is -0.762. The van der Waals surface area contributed by atoms with Crippen molar-refractivity contribution in [3.63, 3.8) is 0 Å². The molecule has 2 atom stereocenters. The number of ether oxygens (including phenoxy) is 3. The van der Waals surface area contributed by atoms with Gasteiger partial charge in [0.05, 0.1) is 0 Å². The Morgan fingerprint density at radius 1 is 0.328 bits per heavy atom. The third kappa shape index (κ3) is 49.8. The standard InChI is InChI=1S/C58H112O6/c1-6-8-9-10-11-12-13-14-22-25-28-33-38-43-48-56(59)62-51-55(64-58(61)50-45-40-35-30-31-36-41-46-53(3)4)52-63-57(60)49-44-39-34-29-26-23-20-18-16-15-17-19-21-24-27-32-37-42-47-54(5)7-2/h53-55H,6-52H2,1-5H3/t54?,55-/m1/s1. The molecule has 0 aliphatic carbocycles. The molecule has 0 N–H and O–H groups in total. The number of carbonyl (C=O) groups excluding carboxylic acids is 3. The number of hydrogen-bond acceptors (Lipinski definition) is 6. The summed E-state index contributed by atoms with van der Waals surface area (Å²) in [5, 5.41) is 0. The molecule has 0 amide bonds. The van der Waals surface area contributed by atoms with Gasteiger partial charge in [0, 0.05) is 19.3 Å². The van der Waals surface area contributed by atoms with Gasteiger partial charge in [0.2, 0.25) is 0 Å². The van der Waals surface area contributed by atoms with E-state index in [2.05, 4.69) is 34.6 Å². The number of rotatable bonds is 52. The van der Waals surface area contributed by atoms with Crippen LogP contribution < -0.4 is 0 Å². The summed E-state index contributed by atoms with van der Waals surface area (Å²) in [7, 11) is 0. The summed E-state index contributed by atoms with van der Waals surface area (Å²) >= 11 is 0. The maximum absolute atomic E-state index is 12.8. The molecule has 0 fully saturated rings. The van der Waals surface area contributed by atoms with Crippen LogP contribution in [0.25, 0.3) is 0 Å². The van der Waals surface area contributed by atoms with E-state index in [0.29, 0.717) is 19.3 Å². The maximum Gasteiger partial charge on any atom is 0.306 e. The van der Waals surface area contributed by atoms with Crippen molar-refractivity contribution in [2.75, 3.05) is 13.2 Å². The van der Waals surface area contributed by atoms with E-state index in [1.165, 1.54) is 212 Å². The third-order valence-corrected chi connectivity index (χ3v) is 13.6.